The van der Waals surface area contributed by atoms with Crippen LogP contribution in [0.5, 0.6) is 0 Å². The number of carbonyl (C=O) groups excluding carboxylic acids is 1. The molecule has 1 fully saturated rings. The number of carbonyl (C=O) groups is 1. The summed E-state index contributed by atoms with van der Waals surface area (Å²) in [5.41, 5.74) is 0.313. The van der Waals surface area contributed by atoms with Gasteiger partial charge in [-0.2, -0.15) is 5.06 Å². The number of hydroxylamine groups is 2. The molecule has 146 valence electrons. The Kier molecular flexibility index (Phi) is 6.19. The van der Waals surface area contributed by atoms with Gasteiger partial charge in [-0.3, -0.25) is 9.63 Å². The SMILES string of the molecule is CC(C)(C)C(=O)OC(Cc1ccccc1)ON1C(C)(C)CCCC1(C)C. The molecule has 4 heteroatoms. The predicted molar refractivity (Wildman–Crippen MR) is 104 cm³/mol. The summed E-state index contributed by atoms with van der Waals surface area (Å²) in [6, 6.07) is 10.0. The van der Waals surface area contributed by atoms with Crippen molar-refractivity contribution in [1.82, 2.24) is 5.06 Å². The van der Waals surface area contributed by atoms with Crippen LogP contribution in [-0.4, -0.2) is 28.4 Å². The van der Waals surface area contributed by atoms with E-state index in [1.807, 2.05) is 51.1 Å². The second kappa shape index (κ2) is 7.69. The zero-order valence-electron chi connectivity index (χ0n) is 17.5. The number of hydrogen-bond acceptors (Lipinski definition) is 4. The summed E-state index contributed by atoms with van der Waals surface area (Å²) >= 11 is 0. The van der Waals surface area contributed by atoms with Gasteiger partial charge in [0.2, 0.25) is 6.29 Å². The fourth-order valence-electron chi connectivity index (χ4n) is 3.58. The van der Waals surface area contributed by atoms with E-state index in [1.54, 1.807) is 0 Å². The van der Waals surface area contributed by atoms with Crippen LogP contribution in [0.15, 0.2) is 30.3 Å². The summed E-state index contributed by atoms with van der Waals surface area (Å²) in [6.07, 6.45) is 3.18. The largest absolute Gasteiger partial charge is 0.433 e. The molecule has 1 heterocycles. The zero-order chi connectivity index (χ0) is 19.6. The summed E-state index contributed by atoms with van der Waals surface area (Å²) in [5, 5.41) is 2.06. The van der Waals surface area contributed by atoms with Crippen molar-refractivity contribution in [3.63, 3.8) is 0 Å². The summed E-state index contributed by atoms with van der Waals surface area (Å²) in [5.74, 6) is -0.244. The molecule has 2 rings (SSSR count). The standard InChI is InChI=1S/C22H35NO3/c1-20(2,3)19(24)25-18(16-17-12-9-8-10-13-17)26-23-21(4,5)14-11-15-22(23,6)7/h8-10,12-13,18H,11,14-16H2,1-7H3. The molecule has 0 amide bonds. The Morgan fingerprint density at radius 3 is 2.12 bits per heavy atom. The molecule has 0 aliphatic carbocycles. The minimum absolute atomic E-state index is 0.106. The van der Waals surface area contributed by atoms with E-state index in [4.69, 9.17) is 9.57 Å². The smallest absolute Gasteiger partial charge is 0.313 e. The molecule has 0 N–H and O–H groups in total. The molecule has 1 saturated heterocycles. The first kappa shape index (κ1) is 20.9. The zero-order valence-corrected chi connectivity index (χ0v) is 17.5. The summed E-state index contributed by atoms with van der Waals surface area (Å²) in [7, 11) is 0. The van der Waals surface area contributed by atoms with Gasteiger partial charge in [-0.25, -0.2) is 0 Å². The lowest BCUT2D eigenvalue weighted by molar-refractivity contribution is -0.346. The van der Waals surface area contributed by atoms with Crippen LogP contribution >= 0.6 is 0 Å². The maximum atomic E-state index is 12.5. The van der Waals surface area contributed by atoms with Gasteiger partial charge in [0.15, 0.2) is 0 Å². The highest BCUT2D eigenvalue weighted by Crippen LogP contribution is 2.39. The molecule has 1 aromatic rings. The van der Waals surface area contributed by atoms with E-state index in [0.29, 0.717) is 6.42 Å². The molecule has 1 aliphatic heterocycles. The maximum absolute atomic E-state index is 12.5. The van der Waals surface area contributed by atoms with Crippen molar-refractivity contribution in [3.05, 3.63) is 35.9 Å². The van der Waals surface area contributed by atoms with E-state index in [-0.39, 0.29) is 17.0 Å². The molecule has 0 radical (unpaired) electrons. The number of esters is 1. The Morgan fingerprint density at radius 1 is 1.08 bits per heavy atom. The van der Waals surface area contributed by atoms with Crippen molar-refractivity contribution in [2.75, 3.05) is 0 Å². The summed E-state index contributed by atoms with van der Waals surface area (Å²) < 4.78 is 5.81. The van der Waals surface area contributed by atoms with E-state index in [9.17, 15) is 4.79 Å². The van der Waals surface area contributed by atoms with Crippen molar-refractivity contribution in [3.8, 4) is 0 Å². The predicted octanol–water partition coefficient (Wildman–Crippen LogP) is 5.12. The van der Waals surface area contributed by atoms with Gasteiger partial charge in [0.1, 0.15) is 0 Å². The first-order chi connectivity index (χ1) is 11.9. The third-order valence-electron chi connectivity index (χ3n) is 5.00. The molecule has 1 aliphatic rings. The van der Waals surface area contributed by atoms with Crippen LogP contribution < -0.4 is 0 Å². The Bertz CT molecular complexity index is 586. The van der Waals surface area contributed by atoms with Crippen molar-refractivity contribution >= 4 is 5.97 Å². The quantitative estimate of drug-likeness (QED) is 0.539. The van der Waals surface area contributed by atoms with E-state index >= 15 is 0 Å². The van der Waals surface area contributed by atoms with Crippen molar-refractivity contribution < 1.29 is 14.4 Å². The highest BCUT2D eigenvalue weighted by Gasteiger charge is 2.44. The normalized spacial score (nSPS) is 21.2. The average molecular weight is 362 g/mol. The van der Waals surface area contributed by atoms with Crippen molar-refractivity contribution in [2.24, 2.45) is 5.41 Å². The van der Waals surface area contributed by atoms with Gasteiger partial charge in [-0.05, 0) is 73.3 Å². The van der Waals surface area contributed by atoms with Crippen LogP contribution in [0.25, 0.3) is 0 Å². The van der Waals surface area contributed by atoms with Crippen LogP contribution in [0.1, 0.15) is 73.3 Å². The number of rotatable bonds is 5. The summed E-state index contributed by atoms with van der Waals surface area (Å²) in [6.45, 7) is 14.4. The van der Waals surface area contributed by atoms with Gasteiger partial charge >= 0.3 is 5.97 Å². The second-order valence-electron chi connectivity index (χ2n) is 9.65. The molecule has 0 aromatic heterocycles. The van der Waals surface area contributed by atoms with Crippen LogP contribution in [0, 0.1) is 5.41 Å². The lowest BCUT2D eigenvalue weighted by Gasteiger charge is -2.52. The molecular weight excluding hydrogens is 326 g/mol. The molecule has 1 unspecified atom stereocenters. The molecule has 0 spiro atoms. The number of nitrogens with zero attached hydrogens (tertiary/aromatic N) is 1. The van der Waals surface area contributed by atoms with E-state index in [2.05, 4.69) is 32.8 Å². The van der Waals surface area contributed by atoms with Gasteiger partial charge in [0.05, 0.1) is 5.41 Å². The van der Waals surface area contributed by atoms with Gasteiger partial charge in [-0.1, -0.05) is 30.3 Å². The van der Waals surface area contributed by atoms with Gasteiger partial charge in [0, 0.05) is 17.5 Å². The minimum Gasteiger partial charge on any atom is -0.433 e. The third kappa shape index (κ3) is 5.31. The lowest BCUT2D eigenvalue weighted by atomic mass is 9.82. The first-order valence-corrected chi connectivity index (χ1v) is 9.64. The summed E-state index contributed by atoms with van der Waals surface area (Å²) in [4.78, 5) is 18.9. The number of ether oxygens (including phenoxy) is 1. The van der Waals surface area contributed by atoms with Crippen LogP contribution in [0.2, 0.25) is 0 Å². The highest BCUT2D eigenvalue weighted by molar-refractivity contribution is 5.75. The second-order valence-corrected chi connectivity index (χ2v) is 9.65. The Labute approximate surface area is 158 Å². The van der Waals surface area contributed by atoms with E-state index in [1.165, 1.54) is 6.42 Å². The molecule has 0 saturated carbocycles. The third-order valence-corrected chi connectivity index (χ3v) is 5.00. The molecular formula is C22H35NO3. The Hall–Kier alpha value is -1.39. The molecule has 26 heavy (non-hydrogen) atoms. The fourth-order valence-corrected chi connectivity index (χ4v) is 3.58. The molecule has 1 aromatic carbocycles. The number of hydrogen-bond donors (Lipinski definition) is 0. The molecule has 1 atom stereocenters. The molecule has 0 bridgehead atoms. The van der Waals surface area contributed by atoms with Crippen molar-refractivity contribution in [1.29, 1.82) is 0 Å². The minimum atomic E-state index is -0.638. The monoisotopic (exact) mass is 361 g/mol. The van der Waals surface area contributed by atoms with E-state index in [0.717, 1.165) is 18.4 Å². The fraction of sp³-hybridized carbons (Fsp3) is 0.682. The Balaban J connectivity index is 2.23. The van der Waals surface area contributed by atoms with Crippen LogP contribution in [0.4, 0.5) is 0 Å². The lowest BCUT2D eigenvalue weighted by Crippen LogP contribution is -2.59. The van der Waals surface area contributed by atoms with Crippen LogP contribution in [0.3, 0.4) is 0 Å². The molecule has 4 nitrogen and oxygen atoms in total. The van der Waals surface area contributed by atoms with E-state index < -0.39 is 11.7 Å². The van der Waals surface area contributed by atoms with Crippen molar-refractivity contribution in [2.45, 2.75) is 91.5 Å². The first-order valence-electron chi connectivity index (χ1n) is 9.64. The van der Waals surface area contributed by atoms with Gasteiger partial charge in [0.25, 0.3) is 0 Å². The van der Waals surface area contributed by atoms with Crippen LogP contribution in [-0.2, 0) is 20.8 Å². The highest BCUT2D eigenvalue weighted by atomic mass is 16.8. The number of piperidine rings is 1. The number of benzene rings is 1. The Morgan fingerprint density at radius 2 is 1.62 bits per heavy atom. The topological polar surface area (TPSA) is 38.8 Å². The van der Waals surface area contributed by atoms with Gasteiger partial charge < -0.3 is 4.74 Å². The van der Waals surface area contributed by atoms with Gasteiger partial charge in [-0.15, -0.1) is 0 Å². The maximum Gasteiger partial charge on any atom is 0.313 e. The average Bonchev–Trinajstić information content (AvgIpc) is 2.50.